The number of fused-ring (bicyclic) bond motifs is 2. The van der Waals surface area contributed by atoms with Gasteiger partial charge in [0.1, 0.15) is 0 Å². The number of benzene rings is 1. The van der Waals surface area contributed by atoms with Crippen LogP contribution >= 0.6 is 0 Å². The summed E-state index contributed by atoms with van der Waals surface area (Å²) in [5.74, 6) is -0.139. The summed E-state index contributed by atoms with van der Waals surface area (Å²) in [7, 11) is 0. The van der Waals surface area contributed by atoms with E-state index in [9.17, 15) is 4.79 Å². The van der Waals surface area contributed by atoms with Crippen LogP contribution in [0.25, 0.3) is 10.9 Å². The minimum absolute atomic E-state index is 0.139. The van der Waals surface area contributed by atoms with Crippen LogP contribution in [0.2, 0.25) is 0 Å². The Kier molecular flexibility index (Phi) is 3.08. The molecule has 3 aromatic rings. The van der Waals surface area contributed by atoms with Gasteiger partial charge in [-0.25, -0.2) is 0 Å². The summed E-state index contributed by atoms with van der Waals surface area (Å²) in [5.41, 5.74) is 3.21. The zero-order valence-corrected chi connectivity index (χ0v) is 11.9. The fourth-order valence-electron chi connectivity index (χ4n) is 2.78. The standard InChI is InChI=1S/C16H15N5O/c22-16(12-3-1-5-13-11(12)4-2-6-18-13)20-14-9-19-21-8-7-17-10-15(14)21/h1-6,9,17H,7-8,10H2,(H,20,22). The summed E-state index contributed by atoms with van der Waals surface area (Å²) >= 11 is 0. The Hall–Kier alpha value is -2.73. The van der Waals surface area contributed by atoms with Gasteiger partial charge in [0, 0.05) is 30.2 Å². The van der Waals surface area contributed by atoms with E-state index in [2.05, 4.69) is 20.7 Å². The first-order chi connectivity index (χ1) is 10.8. The molecule has 4 rings (SSSR count). The molecule has 1 aliphatic heterocycles. The highest BCUT2D eigenvalue weighted by Crippen LogP contribution is 2.21. The van der Waals surface area contributed by atoms with Gasteiger partial charge in [0.2, 0.25) is 0 Å². The van der Waals surface area contributed by atoms with Gasteiger partial charge in [-0.05, 0) is 18.2 Å². The van der Waals surface area contributed by atoms with Crippen molar-refractivity contribution >= 4 is 22.5 Å². The van der Waals surface area contributed by atoms with Crippen LogP contribution in [0.4, 0.5) is 5.69 Å². The fraction of sp³-hybridized carbons (Fsp3) is 0.188. The van der Waals surface area contributed by atoms with Crippen molar-refractivity contribution in [3.63, 3.8) is 0 Å². The van der Waals surface area contributed by atoms with Crippen molar-refractivity contribution in [2.24, 2.45) is 0 Å². The minimum atomic E-state index is -0.139. The van der Waals surface area contributed by atoms with Crippen LogP contribution in [0.3, 0.4) is 0 Å². The Morgan fingerprint density at radius 2 is 2.23 bits per heavy atom. The first kappa shape index (κ1) is 13.0. The second-order valence-electron chi connectivity index (χ2n) is 5.23. The molecular formula is C16H15N5O. The highest BCUT2D eigenvalue weighted by Gasteiger charge is 2.17. The van der Waals surface area contributed by atoms with E-state index in [-0.39, 0.29) is 5.91 Å². The fourth-order valence-corrected chi connectivity index (χ4v) is 2.78. The van der Waals surface area contributed by atoms with E-state index in [4.69, 9.17) is 0 Å². The van der Waals surface area contributed by atoms with Crippen molar-refractivity contribution in [1.82, 2.24) is 20.1 Å². The van der Waals surface area contributed by atoms with Gasteiger partial charge in [-0.15, -0.1) is 0 Å². The molecule has 1 aliphatic rings. The summed E-state index contributed by atoms with van der Waals surface area (Å²) in [6.45, 7) is 2.44. The molecule has 1 amide bonds. The Morgan fingerprint density at radius 3 is 3.18 bits per heavy atom. The van der Waals surface area contributed by atoms with Gasteiger partial charge in [-0.1, -0.05) is 12.1 Å². The lowest BCUT2D eigenvalue weighted by Gasteiger charge is -2.16. The van der Waals surface area contributed by atoms with Crippen LogP contribution in [0.1, 0.15) is 16.1 Å². The number of amides is 1. The van der Waals surface area contributed by atoms with Gasteiger partial charge in [0.05, 0.1) is 29.6 Å². The first-order valence-electron chi connectivity index (χ1n) is 7.23. The third-order valence-electron chi connectivity index (χ3n) is 3.88. The Morgan fingerprint density at radius 1 is 1.27 bits per heavy atom. The summed E-state index contributed by atoms with van der Waals surface area (Å²) in [6, 6.07) is 9.31. The van der Waals surface area contributed by atoms with Crippen molar-refractivity contribution in [1.29, 1.82) is 0 Å². The van der Waals surface area contributed by atoms with E-state index in [1.165, 1.54) is 0 Å². The van der Waals surface area contributed by atoms with Crippen molar-refractivity contribution in [3.05, 3.63) is 54.0 Å². The summed E-state index contributed by atoms with van der Waals surface area (Å²) < 4.78 is 1.93. The predicted octanol–water partition coefficient (Wildman–Crippen LogP) is 1.79. The first-order valence-corrected chi connectivity index (χ1v) is 7.23. The Balaban J connectivity index is 1.68. The molecule has 0 fully saturated rings. The maximum absolute atomic E-state index is 12.6. The number of hydrogen-bond acceptors (Lipinski definition) is 4. The van der Waals surface area contributed by atoms with E-state index < -0.39 is 0 Å². The third-order valence-corrected chi connectivity index (χ3v) is 3.88. The summed E-state index contributed by atoms with van der Waals surface area (Å²) in [6.07, 6.45) is 3.44. The van der Waals surface area contributed by atoms with Gasteiger partial charge in [-0.3, -0.25) is 14.5 Å². The highest BCUT2D eigenvalue weighted by molar-refractivity contribution is 6.12. The van der Waals surface area contributed by atoms with Gasteiger partial charge in [0.15, 0.2) is 0 Å². The number of carbonyl (C=O) groups excluding carboxylic acids is 1. The number of pyridine rings is 1. The monoisotopic (exact) mass is 293 g/mol. The number of hydrogen-bond donors (Lipinski definition) is 2. The second kappa shape index (κ2) is 5.23. The molecule has 22 heavy (non-hydrogen) atoms. The van der Waals surface area contributed by atoms with Crippen LogP contribution in [0.5, 0.6) is 0 Å². The molecule has 0 saturated carbocycles. The van der Waals surface area contributed by atoms with E-state index in [1.807, 2.05) is 35.0 Å². The molecule has 6 nitrogen and oxygen atoms in total. The molecule has 0 bridgehead atoms. The number of nitrogens with one attached hydrogen (secondary N) is 2. The van der Waals surface area contributed by atoms with Gasteiger partial charge in [-0.2, -0.15) is 5.10 Å². The smallest absolute Gasteiger partial charge is 0.256 e. The number of carbonyl (C=O) groups is 1. The van der Waals surface area contributed by atoms with E-state index in [1.54, 1.807) is 12.4 Å². The number of anilines is 1. The zero-order chi connectivity index (χ0) is 14.9. The molecule has 0 aliphatic carbocycles. The molecule has 3 heterocycles. The largest absolute Gasteiger partial charge is 0.319 e. The summed E-state index contributed by atoms with van der Waals surface area (Å²) in [5, 5.41) is 11.4. The zero-order valence-electron chi connectivity index (χ0n) is 11.9. The Bertz CT molecular complexity index is 849. The lowest BCUT2D eigenvalue weighted by atomic mass is 10.1. The maximum Gasteiger partial charge on any atom is 0.256 e. The number of nitrogens with zero attached hydrogens (tertiary/aromatic N) is 3. The minimum Gasteiger partial charge on any atom is -0.319 e. The molecule has 0 atom stereocenters. The molecule has 0 spiro atoms. The van der Waals surface area contributed by atoms with Crippen LogP contribution in [0.15, 0.2) is 42.7 Å². The number of rotatable bonds is 2. The van der Waals surface area contributed by atoms with Crippen molar-refractivity contribution in [3.8, 4) is 0 Å². The lowest BCUT2D eigenvalue weighted by molar-refractivity contribution is 0.102. The van der Waals surface area contributed by atoms with Gasteiger partial charge < -0.3 is 10.6 Å². The van der Waals surface area contributed by atoms with Crippen molar-refractivity contribution in [2.75, 3.05) is 11.9 Å². The van der Waals surface area contributed by atoms with Crippen LogP contribution < -0.4 is 10.6 Å². The topological polar surface area (TPSA) is 71.8 Å². The normalized spacial score (nSPS) is 13.8. The molecule has 1 aromatic carbocycles. The summed E-state index contributed by atoms with van der Waals surface area (Å²) in [4.78, 5) is 16.9. The third kappa shape index (κ3) is 2.14. The average molecular weight is 293 g/mol. The molecule has 2 N–H and O–H groups in total. The number of aromatic nitrogens is 3. The van der Waals surface area contributed by atoms with Crippen molar-refractivity contribution in [2.45, 2.75) is 13.1 Å². The SMILES string of the molecule is O=C(Nc1cnn2c1CNCC2)c1cccc2ncccc12. The van der Waals surface area contributed by atoms with Crippen molar-refractivity contribution < 1.29 is 4.79 Å². The van der Waals surface area contributed by atoms with Gasteiger partial charge >= 0.3 is 0 Å². The molecule has 110 valence electrons. The van der Waals surface area contributed by atoms with E-state index >= 15 is 0 Å². The molecule has 0 saturated heterocycles. The Labute approximate surface area is 127 Å². The molecular weight excluding hydrogens is 278 g/mol. The average Bonchev–Trinajstić information content (AvgIpc) is 2.97. The maximum atomic E-state index is 12.6. The molecule has 0 unspecified atom stereocenters. The van der Waals surface area contributed by atoms with E-state index in [0.29, 0.717) is 12.1 Å². The predicted molar refractivity (Wildman–Crippen MR) is 83.6 cm³/mol. The lowest BCUT2D eigenvalue weighted by Crippen LogP contribution is -2.29. The second-order valence-corrected chi connectivity index (χ2v) is 5.23. The molecule has 0 radical (unpaired) electrons. The molecule has 6 heteroatoms. The quantitative estimate of drug-likeness (QED) is 0.755. The van der Waals surface area contributed by atoms with Gasteiger partial charge in [0.25, 0.3) is 5.91 Å². The van der Waals surface area contributed by atoms with Crippen LogP contribution in [-0.2, 0) is 13.1 Å². The molecule has 2 aromatic heterocycles. The van der Waals surface area contributed by atoms with E-state index in [0.717, 1.165) is 35.4 Å². The van der Waals surface area contributed by atoms with Crippen LogP contribution in [0, 0.1) is 0 Å². The highest BCUT2D eigenvalue weighted by atomic mass is 16.1. The van der Waals surface area contributed by atoms with Crippen LogP contribution in [-0.4, -0.2) is 27.2 Å².